The van der Waals surface area contributed by atoms with E-state index in [9.17, 15) is 19.2 Å². The Hall–Kier alpha value is -4.66. The van der Waals surface area contributed by atoms with Gasteiger partial charge in [0.25, 0.3) is 0 Å². The van der Waals surface area contributed by atoms with Gasteiger partial charge < -0.3 is 26.7 Å². The maximum absolute atomic E-state index is 12.8. The van der Waals surface area contributed by atoms with Crippen LogP contribution >= 0.6 is 0 Å². The van der Waals surface area contributed by atoms with Crippen LogP contribution in [0.5, 0.6) is 0 Å². The molecule has 1 unspecified atom stereocenters. The highest BCUT2D eigenvalue weighted by Crippen LogP contribution is 2.19. The van der Waals surface area contributed by atoms with Gasteiger partial charge in [0, 0.05) is 36.9 Å². The molecule has 0 saturated heterocycles. The van der Waals surface area contributed by atoms with Crippen LogP contribution in [0.2, 0.25) is 0 Å². The minimum absolute atomic E-state index is 0.194. The Balaban J connectivity index is 1.62. The third-order valence-electron chi connectivity index (χ3n) is 5.93. The van der Waals surface area contributed by atoms with Gasteiger partial charge in [-0.3, -0.25) is 19.2 Å². The molecule has 2 atom stereocenters. The maximum atomic E-state index is 12.8. The van der Waals surface area contributed by atoms with Gasteiger partial charge in [0.05, 0.1) is 6.54 Å². The van der Waals surface area contributed by atoms with E-state index in [1.54, 1.807) is 18.3 Å². The zero-order valence-electron chi connectivity index (χ0n) is 20.7. The summed E-state index contributed by atoms with van der Waals surface area (Å²) < 4.78 is 0. The van der Waals surface area contributed by atoms with Crippen LogP contribution in [-0.4, -0.2) is 47.2 Å². The van der Waals surface area contributed by atoms with Crippen LogP contribution in [0.4, 0.5) is 0 Å². The van der Waals surface area contributed by atoms with Crippen molar-refractivity contribution in [2.24, 2.45) is 5.73 Å². The fourth-order valence-corrected chi connectivity index (χ4v) is 4.08. The van der Waals surface area contributed by atoms with Crippen LogP contribution in [-0.2, 0) is 32.0 Å². The number of nitrogens with one attached hydrogen (secondary N) is 4. The fraction of sp³-hybridized carbons (Fsp3) is 0.214. The molecule has 0 saturated carbocycles. The summed E-state index contributed by atoms with van der Waals surface area (Å²) in [5.74, 6) is -2.20. The van der Waals surface area contributed by atoms with Gasteiger partial charge in [-0.1, -0.05) is 61.7 Å². The quantitative estimate of drug-likeness (QED) is 0.258. The predicted molar refractivity (Wildman–Crippen MR) is 144 cm³/mol. The number of para-hydroxylation sites is 1. The maximum Gasteiger partial charge on any atom is 0.243 e. The molecule has 3 rings (SSSR count). The van der Waals surface area contributed by atoms with Crippen LogP contribution in [0.1, 0.15) is 29.2 Å². The van der Waals surface area contributed by atoms with Gasteiger partial charge in [0.1, 0.15) is 12.1 Å². The molecule has 1 heterocycles. The lowest BCUT2D eigenvalue weighted by Gasteiger charge is -2.19. The molecular weight excluding hydrogens is 470 g/mol. The standard InChI is InChI=1S/C28H31N5O4/c1-4-19-11-10-18(12-20(19)5-2)13-25(32-17(3)34)28(37)31-16-26(35)33-24(27(29)36)14-21-15-30-23-9-7-6-8-22(21)23/h4-12,15,24-25,30H,1-2,13-14,16H2,3H3,(H2,29,36)(H,31,37)(H,32,34)(H,33,35)/t24-,25?/m0/s1. The van der Waals surface area contributed by atoms with E-state index in [1.807, 2.05) is 42.5 Å². The molecule has 0 spiro atoms. The molecular formula is C28H31N5O4. The van der Waals surface area contributed by atoms with Crippen LogP contribution < -0.4 is 21.7 Å². The summed E-state index contributed by atoms with van der Waals surface area (Å²) in [5, 5.41) is 8.66. The number of hydrogen-bond acceptors (Lipinski definition) is 4. The Kier molecular flexibility index (Phi) is 8.99. The van der Waals surface area contributed by atoms with E-state index in [4.69, 9.17) is 5.73 Å². The molecule has 9 nitrogen and oxygen atoms in total. The topological polar surface area (TPSA) is 146 Å². The minimum atomic E-state index is -0.963. The first-order chi connectivity index (χ1) is 17.7. The Morgan fingerprint density at radius 1 is 0.973 bits per heavy atom. The zero-order chi connectivity index (χ0) is 26.9. The van der Waals surface area contributed by atoms with E-state index in [0.29, 0.717) is 0 Å². The fourth-order valence-electron chi connectivity index (χ4n) is 4.08. The first-order valence-corrected chi connectivity index (χ1v) is 11.8. The molecule has 2 aromatic carbocycles. The predicted octanol–water partition coefficient (Wildman–Crippen LogP) is 1.83. The lowest BCUT2D eigenvalue weighted by Crippen LogP contribution is -2.52. The van der Waals surface area contributed by atoms with Crippen molar-refractivity contribution in [3.05, 3.63) is 84.1 Å². The van der Waals surface area contributed by atoms with Gasteiger partial charge in [0.15, 0.2) is 0 Å². The molecule has 37 heavy (non-hydrogen) atoms. The number of carbonyl (C=O) groups is 4. The number of carbonyl (C=O) groups excluding carboxylic acids is 4. The van der Waals surface area contributed by atoms with Gasteiger partial charge in [-0.05, 0) is 28.3 Å². The van der Waals surface area contributed by atoms with E-state index in [1.165, 1.54) is 6.92 Å². The van der Waals surface area contributed by atoms with Crippen molar-refractivity contribution in [3.8, 4) is 0 Å². The van der Waals surface area contributed by atoms with Crippen LogP contribution in [0, 0.1) is 0 Å². The number of hydrogen-bond donors (Lipinski definition) is 5. The van der Waals surface area contributed by atoms with Crippen molar-refractivity contribution in [2.75, 3.05) is 6.54 Å². The van der Waals surface area contributed by atoms with E-state index in [0.717, 1.165) is 33.2 Å². The summed E-state index contributed by atoms with van der Waals surface area (Å²) in [6.45, 7) is 8.48. The Morgan fingerprint density at radius 2 is 1.70 bits per heavy atom. The molecule has 9 heteroatoms. The molecule has 4 amide bonds. The lowest BCUT2D eigenvalue weighted by atomic mass is 9.99. The highest BCUT2D eigenvalue weighted by molar-refractivity contribution is 5.92. The second kappa shape index (κ2) is 12.3. The van der Waals surface area contributed by atoms with Gasteiger partial charge in [-0.15, -0.1) is 0 Å². The normalized spacial score (nSPS) is 12.2. The average molecular weight is 502 g/mol. The minimum Gasteiger partial charge on any atom is -0.368 e. The number of primary amides is 1. The van der Waals surface area contributed by atoms with Crippen LogP contribution in [0.25, 0.3) is 23.1 Å². The molecule has 0 aliphatic carbocycles. The first-order valence-electron chi connectivity index (χ1n) is 11.8. The summed E-state index contributed by atoms with van der Waals surface area (Å²) in [4.78, 5) is 52.3. The van der Waals surface area contributed by atoms with Crippen LogP contribution in [0.15, 0.2) is 61.8 Å². The second-order valence-electron chi connectivity index (χ2n) is 8.63. The summed E-state index contributed by atoms with van der Waals surface area (Å²) >= 11 is 0. The smallest absolute Gasteiger partial charge is 0.243 e. The molecule has 192 valence electrons. The molecule has 0 aliphatic rings. The average Bonchev–Trinajstić information content (AvgIpc) is 3.28. The Bertz CT molecular complexity index is 1340. The molecule has 0 fully saturated rings. The van der Waals surface area contributed by atoms with E-state index < -0.39 is 29.8 Å². The number of H-pyrrole nitrogens is 1. The van der Waals surface area contributed by atoms with Gasteiger partial charge >= 0.3 is 0 Å². The van der Waals surface area contributed by atoms with Crippen molar-refractivity contribution in [3.63, 3.8) is 0 Å². The molecule has 0 radical (unpaired) electrons. The number of rotatable bonds is 12. The number of aromatic amines is 1. The summed E-state index contributed by atoms with van der Waals surface area (Å²) in [6.07, 6.45) is 5.56. The first kappa shape index (κ1) is 26.9. The SMILES string of the molecule is C=Cc1ccc(CC(NC(C)=O)C(=O)NCC(=O)N[C@@H](Cc2c[nH]c3ccccc23)C(N)=O)cc1C=C. The van der Waals surface area contributed by atoms with Crippen molar-refractivity contribution in [1.82, 2.24) is 20.9 Å². The number of benzene rings is 2. The van der Waals surface area contributed by atoms with Gasteiger partial charge in [-0.2, -0.15) is 0 Å². The highest BCUT2D eigenvalue weighted by Gasteiger charge is 2.23. The van der Waals surface area contributed by atoms with Crippen LogP contribution in [0.3, 0.4) is 0 Å². The highest BCUT2D eigenvalue weighted by atomic mass is 16.2. The Labute approximate surface area is 215 Å². The van der Waals surface area contributed by atoms with Crippen molar-refractivity contribution in [1.29, 1.82) is 0 Å². The Morgan fingerprint density at radius 3 is 2.38 bits per heavy atom. The summed E-state index contributed by atoms with van der Waals surface area (Å²) in [6, 6.07) is 11.3. The van der Waals surface area contributed by atoms with Gasteiger partial charge in [-0.25, -0.2) is 0 Å². The van der Waals surface area contributed by atoms with E-state index >= 15 is 0 Å². The number of fused-ring (bicyclic) bond motifs is 1. The van der Waals surface area contributed by atoms with Crippen molar-refractivity contribution < 1.29 is 19.2 Å². The largest absolute Gasteiger partial charge is 0.368 e. The molecule has 1 aromatic heterocycles. The summed E-state index contributed by atoms with van der Waals surface area (Å²) in [7, 11) is 0. The third kappa shape index (κ3) is 7.17. The van der Waals surface area contributed by atoms with Gasteiger partial charge in [0.2, 0.25) is 23.6 Å². The molecule has 3 aromatic rings. The number of aromatic nitrogens is 1. The van der Waals surface area contributed by atoms with Crippen molar-refractivity contribution >= 4 is 46.7 Å². The monoisotopic (exact) mass is 501 g/mol. The van der Waals surface area contributed by atoms with E-state index in [-0.39, 0.29) is 25.3 Å². The van der Waals surface area contributed by atoms with E-state index in [2.05, 4.69) is 34.1 Å². The molecule has 6 N–H and O–H groups in total. The number of nitrogens with two attached hydrogens (primary N) is 1. The second-order valence-corrected chi connectivity index (χ2v) is 8.63. The lowest BCUT2D eigenvalue weighted by molar-refractivity contribution is -0.130. The molecule has 0 aliphatic heterocycles. The summed E-state index contributed by atoms with van der Waals surface area (Å²) in [5.41, 5.74) is 9.80. The third-order valence-corrected chi connectivity index (χ3v) is 5.93. The molecule has 0 bridgehead atoms. The number of amides is 4. The zero-order valence-corrected chi connectivity index (χ0v) is 20.7. The van der Waals surface area contributed by atoms with Crippen molar-refractivity contribution in [2.45, 2.75) is 31.8 Å².